The summed E-state index contributed by atoms with van der Waals surface area (Å²) >= 11 is 0. The summed E-state index contributed by atoms with van der Waals surface area (Å²) in [6.45, 7) is 6.60. The molecule has 2 amide bonds. The topological polar surface area (TPSA) is 59.6 Å². The van der Waals surface area contributed by atoms with E-state index in [4.69, 9.17) is 9.47 Å². The Morgan fingerprint density at radius 2 is 2.38 bits per heavy atom. The lowest BCUT2D eigenvalue weighted by atomic mass is 9.85. The lowest BCUT2D eigenvalue weighted by Crippen LogP contribution is -2.62. The summed E-state index contributed by atoms with van der Waals surface area (Å²) in [6.07, 6.45) is 2.49. The molecule has 0 unspecified atom stereocenters. The van der Waals surface area contributed by atoms with Gasteiger partial charge in [0, 0.05) is 20.3 Å². The third-order valence-corrected chi connectivity index (χ3v) is 2.63. The molecule has 1 fully saturated rings. The number of rotatable bonds is 6. The summed E-state index contributed by atoms with van der Waals surface area (Å²) in [5, 5.41) is 5.50. The normalized spacial score (nSPS) is 28.0. The minimum absolute atomic E-state index is 0.0337. The third kappa shape index (κ3) is 3.21. The fourth-order valence-electron chi connectivity index (χ4n) is 1.80. The fourth-order valence-corrected chi connectivity index (χ4v) is 1.80. The van der Waals surface area contributed by atoms with E-state index in [1.165, 1.54) is 0 Å². The SMILES string of the molecule is C=CCNC(=O)N[C@@H]1C[C@H](OCC)[C@@H]1OC. The second-order valence-electron chi connectivity index (χ2n) is 3.68. The van der Waals surface area contributed by atoms with E-state index in [9.17, 15) is 4.79 Å². The van der Waals surface area contributed by atoms with Crippen molar-refractivity contribution in [2.45, 2.75) is 31.6 Å². The van der Waals surface area contributed by atoms with Gasteiger partial charge in [0.15, 0.2) is 0 Å². The maximum atomic E-state index is 11.4. The maximum Gasteiger partial charge on any atom is 0.315 e. The lowest BCUT2D eigenvalue weighted by molar-refractivity contribution is -0.128. The number of carbonyl (C=O) groups excluding carboxylic acids is 1. The van der Waals surface area contributed by atoms with Crippen molar-refractivity contribution in [2.24, 2.45) is 0 Å². The van der Waals surface area contributed by atoms with Crippen LogP contribution in [0.2, 0.25) is 0 Å². The number of hydrogen-bond acceptors (Lipinski definition) is 3. The van der Waals surface area contributed by atoms with E-state index in [2.05, 4.69) is 17.2 Å². The molecule has 0 radical (unpaired) electrons. The monoisotopic (exact) mass is 228 g/mol. The summed E-state index contributed by atoms with van der Waals surface area (Å²) < 4.78 is 10.7. The molecule has 0 aromatic heterocycles. The molecule has 0 bridgehead atoms. The Hall–Kier alpha value is -1.07. The first-order chi connectivity index (χ1) is 7.72. The van der Waals surface area contributed by atoms with Crippen molar-refractivity contribution in [1.29, 1.82) is 0 Å². The highest BCUT2D eigenvalue weighted by atomic mass is 16.5. The Balaban J connectivity index is 2.28. The van der Waals surface area contributed by atoms with Gasteiger partial charge < -0.3 is 20.1 Å². The van der Waals surface area contributed by atoms with Crippen molar-refractivity contribution in [3.8, 4) is 0 Å². The van der Waals surface area contributed by atoms with Crippen LogP contribution in [0.15, 0.2) is 12.7 Å². The van der Waals surface area contributed by atoms with Gasteiger partial charge in [0.25, 0.3) is 0 Å². The molecule has 1 rings (SSSR count). The number of nitrogens with one attached hydrogen (secondary N) is 2. The molecule has 0 heterocycles. The smallest absolute Gasteiger partial charge is 0.315 e. The average Bonchev–Trinajstić information content (AvgIpc) is 2.25. The van der Waals surface area contributed by atoms with Crippen LogP contribution in [-0.2, 0) is 9.47 Å². The zero-order chi connectivity index (χ0) is 12.0. The van der Waals surface area contributed by atoms with Crippen LogP contribution in [-0.4, -0.2) is 44.5 Å². The van der Waals surface area contributed by atoms with Crippen molar-refractivity contribution in [1.82, 2.24) is 10.6 Å². The van der Waals surface area contributed by atoms with Crippen LogP contribution >= 0.6 is 0 Å². The van der Waals surface area contributed by atoms with Crippen LogP contribution in [0, 0.1) is 0 Å². The second-order valence-corrected chi connectivity index (χ2v) is 3.68. The van der Waals surface area contributed by atoms with E-state index < -0.39 is 0 Å². The second kappa shape index (κ2) is 6.50. The maximum absolute atomic E-state index is 11.4. The third-order valence-electron chi connectivity index (χ3n) is 2.63. The Morgan fingerprint density at radius 1 is 1.62 bits per heavy atom. The Bertz CT molecular complexity index is 245. The Labute approximate surface area is 96.2 Å². The van der Waals surface area contributed by atoms with Crippen molar-refractivity contribution < 1.29 is 14.3 Å². The molecule has 5 heteroatoms. The molecular weight excluding hydrogens is 208 g/mol. The fraction of sp³-hybridized carbons (Fsp3) is 0.727. The predicted molar refractivity (Wildman–Crippen MR) is 61.3 cm³/mol. The van der Waals surface area contributed by atoms with Crippen molar-refractivity contribution in [3.63, 3.8) is 0 Å². The van der Waals surface area contributed by atoms with Gasteiger partial charge in [-0.15, -0.1) is 6.58 Å². The largest absolute Gasteiger partial charge is 0.377 e. The molecule has 5 nitrogen and oxygen atoms in total. The zero-order valence-corrected chi connectivity index (χ0v) is 9.86. The van der Waals surface area contributed by atoms with E-state index in [1.54, 1.807) is 13.2 Å². The summed E-state index contributed by atoms with van der Waals surface area (Å²) in [5.74, 6) is 0. The van der Waals surface area contributed by atoms with E-state index in [-0.39, 0.29) is 24.3 Å². The summed E-state index contributed by atoms with van der Waals surface area (Å²) in [7, 11) is 1.63. The average molecular weight is 228 g/mol. The predicted octanol–water partition coefficient (Wildman–Crippen LogP) is 0.664. The van der Waals surface area contributed by atoms with Crippen LogP contribution in [0.5, 0.6) is 0 Å². The molecule has 16 heavy (non-hydrogen) atoms. The minimum Gasteiger partial charge on any atom is -0.377 e. The van der Waals surface area contributed by atoms with Gasteiger partial charge in [0.2, 0.25) is 0 Å². The highest BCUT2D eigenvalue weighted by molar-refractivity contribution is 5.74. The molecular formula is C11H20N2O3. The van der Waals surface area contributed by atoms with Crippen LogP contribution in [0.4, 0.5) is 4.79 Å². The van der Waals surface area contributed by atoms with Gasteiger partial charge in [-0.3, -0.25) is 0 Å². The number of carbonyl (C=O) groups is 1. The van der Waals surface area contributed by atoms with Gasteiger partial charge in [-0.2, -0.15) is 0 Å². The molecule has 0 spiro atoms. The number of ether oxygens (including phenoxy) is 2. The lowest BCUT2D eigenvalue weighted by Gasteiger charge is -2.43. The van der Waals surface area contributed by atoms with E-state index in [1.807, 2.05) is 6.92 Å². The van der Waals surface area contributed by atoms with Gasteiger partial charge in [0.05, 0.1) is 12.1 Å². The Morgan fingerprint density at radius 3 is 2.94 bits per heavy atom. The quantitative estimate of drug-likeness (QED) is 0.657. The number of hydrogen-bond donors (Lipinski definition) is 2. The van der Waals surface area contributed by atoms with Gasteiger partial charge in [-0.05, 0) is 13.3 Å². The van der Waals surface area contributed by atoms with Crippen LogP contribution < -0.4 is 10.6 Å². The Kier molecular flexibility index (Phi) is 5.28. The summed E-state index contributed by atoms with van der Waals surface area (Å²) in [4.78, 5) is 11.4. The molecule has 1 saturated carbocycles. The molecule has 2 N–H and O–H groups in total. The molecule has 0 aromatic rings. The van der Waals surface area contributed by atoms with Gasteiger partial charge in [-0.25, -0.2) is 4.79 Å². The molecule has 0 aromatic carbocycles. The van der Waals surface area contributed by atoms with E-state index >= 15 is 0 Å². The molecule has 1 aliphatic rings. The highest BCUT2D eigenvalue weighted by Crippen LogP contribution is 2.26. The van der Waals surface area contributed by atoms with Crippen molar-refractivity contribution in [3.05, 3.63) is 12.7 Å². The summed E-state index contributed by atoms with van der Waals surface area (Å²) in [5.41, 5.74) is 0. The standard InChI is InChI=1S/C11H20N2O3/c1-4-6-12-11(14)13-8-7-9(16-5-2)10(8)15-3/h4,8-10H,1,5-7H2,2-3H3,(H2,12,13,14)/t8-,9+,10-/m1/s1. The number of methoxy groups -OCH3 is 1. The molecule has 1 aliphatic carbocycles. The molecule has 0 aliphatic heterocycles. The van der Waals surface area contributed by atoms with Gasteiger partial charge in [0.1, 0.15) is 6.10 Å². The van der Waals surface area contributed by atoms with Crippen LogP contribution in [0.1, 0.15) is 13.3 Å². The van der Waals surface area contributed by atoms with Gasteiger partial charge >= 0.3 is 6.03 Å². The van der Waals surface area contributed by atoms with E-state index in [0.29, 0.717) is 13.2 Å². The molecule has 3 atom stereocenters. The van der Waals surface area contributed by atoms with Crippen molar-refractivity contribution in [2.75, 3.05) is 20.3 Å². The van der Waals surface area contributed by atoms with Crippen molar-refractivity contribution >= 4 is 6.03 Å². The first kappa shape index (κ1) is 13.0. The zero-order valence-electron chi connectivity index (χ0n) is 9.86. The first-order valence-corrected chi connectivity index (χ1v) is 5.52. The molecule has 0 saturated heterocycles. The van der Waals surface area contributed by atoms with E-state index in [0.717, 1.165) is 6.42 Å². The van der Waals surface area contributed by atoms with Crippen LogP contribution in [0.25, 0.3) is 0 Å². The number of amides is 2. The molecule has 92 valence electrons. The summed E-state index contributed by atoms with van der Waals surface area (Å²) in [6, 6.07) is -0.159. The first-order valence-electron chi connectivity index (χ1n) is 5.52. The van der Waals surface area contributed by atoms with Crippen LogP contribution in [0.3, 0.4) is 0 Å². The number of urea groups is 1. The minimum atomic E-state index is -0.193. The highest BCUT2D eigenvalue weighted by Gasteiger charge is 2.42. The van der Waals surface area contributed by atoms with Gasteiger partial charge in [-0.1, -0.05) is 6.08 Å².